The van der Waals surface area contributed by atoms with Crippen LogP contribution in [0.15, 0.2) is 78.9 Å². The Kier molecular flexibility index (Phi) is 4.68. The van der Waals surface area contributed by atoms with Crippen LogP contribution in [0.2, 0.25) is 5.02 Å². The Morgan fingerprint density at radius 3 is 2.33 bits per heavy atom. The Morgan fingerprint density at radius 2 is 1.52 bits per heavy atom. The van der Waals surface area contributed by atoms with Gasteiger partial charge in [-0.3, -0.25) is 4.79 Å². The van der Waals surface area contributed by atoms with Crippen molar-refractivity contribution in [2.24, 2.45) is 0 Å². The molecule has 27 heavy (non-hydrogen) atoms. The van der Waals surface area contributed by atoms with Crippen molar-refractivity contribution < 1.29 is 4.79 Å². The quantitative estimate of drug-likeness (QED) is 0.510. The minimum absolute atomic E-state index is 0.0621. The highest BCUT2D eigenvalue weighted by molar-refractivity contribution is 6.33. The number of aromatic nitrogens is 2. The van der Waals surface area contributed by atoms with E-state index >= 15 is 0 Å². The van der Waals surface area contributed by atoms with Crippen LogP contribution >= 0.6 is 11.6 Å². The van der Waals surface area contributed by atoms with Crippen LogP contribution in [0.25, 0.3) is 10.9 Å². The molecule has 5 nitrogen and oxygen atoms in total. The second kappa shape index (κ2) is 7.43. The molecular formula is C21H15ClN4O. The molecule has 4 aromatic rings. The number of carbonyl (C=O) groups excluding carboxylic acids is 1. The third-order valence-electron chi connectivity index (χ3n) is 3.96. The van der Waals surface area contributed by atoms with E-state index in [1.54, 1.807) is 24.3 Å². The summed E-state index contributed by atoms with van der Waals surface area (Å²) in [5.74, 6) is 0.202. The summed E-state index contributed by atoms with van der Waals surface area (Å²) in [5.41, 5.74) is 2.06. The van der Waals surface area contributed by atoms with E-state index < -0.39 is 5.91 Å². The highest BCUT2D eigenvalue weighted by atomic mass is 35.5. The van der Waals surface area contributed by atoms with Crippen LogP contribution in [0.1, 0.15) is 10.6 Å². The summed E-state index contributed by atoms with van der Waals surface area (Å²) < 4.78 is 0. The van der Waals surface area contributed by atoms with Crippen molar-refractivity contribution in [3.63, 3.8) is 0 Å². The van der Waals surface area contributed by atoms with Crippen molar-refractivity contribution in [1.29, 1.82) is 0 Å². The molecule has 6 heteroatoms. The summed E-state index contributed by atoms with van der Waals surface area (Å²) in [6, 6.07) is 24.2. The Balaban J connectivity index is 1.73. The maximum atomic E-state index is 12.7. The molecule has 0 atom stereocenters. The molecule has 1 aromatic heterocycles. The first kappa shape index (κ1) is 17.0. The van der Waals surface area contributed by atoms with Crippen molar-refractivity contribution in [3.05, 3.63) is 89.7 Å². The maximum absolute atomic E-state index is 12.7. The van der Waals surface area contributed by atoms with Gasteiger partial charge < -0.3 is 10.6 Å². The Hall–Kier alpha value is -3.44. The van der Waals surface area contributed by atoms with E-state index in [2.05, 4.69) is 20.6 Å². The Labute approximate surface area is 161 Å². The van der Waals surface area contributed by atoms with Crippen molar-refractivity contribution in [2.75, 3.05) is 10.6 Å². The number of fused-ring (bicyclic) bond motifs is 1. The van der Waals surface area contributed by atoms with E-state index in [-0.39, 0.29) is 5.82 Å². The van der Waals surface area contributed by atoms with E-state index in [0.717, 1.165) is 11.1 Å². The number of carbonyl (C=O) groups is 1. The van der Waals surface area contributed by atoms with Crippen LogP contribution in [0.4, 0.5) is 17.2 Å². The number of amides is 1. The predicted octanol–water partition coefficient (Wildman–Crippen LogP) is 5.28. The number of hydrogen-bond donors (Lipinski definition) is 2. The summed E-state index contributed by atoms with van der Waals surface area (Å²) in [6.07, 6.45) is 0. The number of hydrogen-bond acceptors (Lipinski definition) is 4. The first-order valence-corrected chi connectivity index (χ1v) is 8.73. The molecule has 0 spiro atoms. The normalized spacial score (nSPS) is 10.6. The van der Waals surface area contributed by atoms with Crippen LogP contribution < -0.4 is 10.6 Å². The molecule has 0 aliphatic heterocycles. The van der Waals surface area contributed by atoms with Gasteiger partial charge in [0.1, 0.15) is 5.82 Å². The number of halogens is 1. The van der Waals surface area contributed by atoms with Gasteiger partial charge >= 0.3 is 0 Å². The molecule has 0 saturated heterocycles. The van der Waals surface area contributed by atoms with Crippen LogP contribution in [-0.2, 0) is 0 Å². The zero-order chi connectivity index (χ0) is 18.6. The van der Waals surface area contributed by atoms with Crippen LogP contribution in [0.5, 0.6) is 0 Å². The number of benzene rings is 3. The van der Waals surface area contributed by atoms with Crippen molar-refractivity contribution in [3.8, 4) is 0 Å². The number of anilines is 3. The van der Waals surface area contributed by atoms with Crippen LogP contribution in [0.3, 0.4) is 0 Å². The van der Waals surface area contributed by atoms with Gasteiger partial charge in [-0.15, -0.1) is 0 Å². The summed E-state index contributed by atoms with van der Waals surface area (Å²) in [5, 5.41) is 7.30. The molecule has 2 N–H and O–H groups in total. The van der Waals surface area contributed by atoms with Gasteiger partial charge in [-0.2, -0.15) is 0 Å². The largest absolute Gasteiger partial charge is 0.340 e. The Morgan fingerprint density at radius 1 is 0.815 bits per heavy atom. The van der Waals surface area contributed by atoms with E-state index in [9.17, 15) is 4.79 Å². The van der Waals surface area contributed by atoms with Gasteiger partial charge in [-0.25, -0.2) is 9.97 Å². The second-order valence-electron chi connectivity index (χ2n) is 5.84. The molecule has 0 aliphatic rings. The summed E-state index contributed by atoms with van der Waals surface area (Å²) in [4.78, 5) is 21.5. The summed E-state index contributed by atoms with van der Waals surface area (Å²) in [7, 11) is 0. The minimum Gasteiger partial charge on any atom is -0.340 e. The average Bonchev–Trinajstić information content (AvgIpc) is 2.70. The predicted molar refractivity (Wildman–Crippen MR) is 109 cm³/mol. The first-order valence-electron chi connectivity index (χ1n) is 8.35. The van der Waals surface area contributed by atoms with Crippen molar-refractivity contribution in [2.45, 2.75) is 0 Å². The Bertz CT molecular complexity index is 1120. The average molecular weight is 375 g/mol. The standard InChI is InChI=1S/C21H15ClN4O/c22-16-11-5-7-13-18(16)25-21(27)20-24-17-12-6-4-10-15(17)19(26-20)23-14-8-2-1-3-9-14/h1-13H,(H,25,27)(H,23,24,26). The first-order chi connectivity index (χ1) is 13.2. The lowest BCUT2D eigenvalue weighted by Crippen LogP contribution is -2.17. The zero-order valence-corrected chi connectivity index (χ0v) is 14.9. The number of para-hydroxylation sites is 3. The SMILES string of the molecule is O=C(Nc1ccccc1Cl)c1nc(Nc2ccccc2)c2ccccc2n1. The fourth-order valence-corrected chi connectivity index (χ4v) is 2.86. The topological polar surface area (TPSA) is 66.9 Å². The third kappa shape index (κ3) is 3.73. The zero-order valence-electron chi connectivity index (χ0n) is 14.2. The molecule has 4 rings (SSSR count). The molecule has 0 aliphatic carbocycles. The van der Waals surface area contributed by atoms with Crippen molar-refractivity contribution >= 4 is 45.6 Å². The molecule has 0 radical (unpaired) electrons. The fourth-order valence-electron chi connectivity index (χ4n) is 2.67. The van der Waals surface area contributed by atoms with E-state index in [0.29, 0.717) is 22.0 Å². The molecule has 0 bridgehead atoms. The van der Waals surface area contributed by atoms with Gasteiger partial charge in [-0.05, 0) is 36.4 Å². The van der Waals surface area contributed by atoms with Gasteiger partial charge in [0.05, 0.1) is 16.2 Å². The maximum Gasteiger partial charge on any atom is 0.293 e. The fraction of sp³-hybridized carbons (Fsp3) is 0. The van der Waals surface area contributed by atoms with Gasteiger partial charge in [0.2, 0.25) is 5.82 Å². The van der Waals surface area contributed by atoms with Gasteiger partial charge in [0.15, 0.2) is 0 Å². The molecular weight excluding hydrogens is 360 g/mol. The molecule has 1 heterocycles. The highest BCUT2D eigenvalue weighted by Gasteiger charge is 2.15. The van der Waals surface area contributed by atoms with E-state index in [4.69, 9.17) is 11.6 Å². The van der Waals surface area contributed by atoms with Crippen LogP contribution in [0, 0.1) is 0 Å². The number of nitrogens with one attached hydrogen (secondary N) is 2. The summed E-state index contributed by atoms with van der Waals surface area (Å²) in [6.45, 7) is 0. The van der Waals surface area contributed by atoms with E-state index in [1.165, 1.54) is 0 Å². The van der Waals surface area contributed by atoms with Gasteiger partial charge in [-0.1, -0.05) is 54.1 Å². The molecule has 0 saturated carbocycles. The molecule has 0 unspecified atom stereocenters. The second-order valence-corrected chi connectivity index (χ2v) is 6.25. The number of nitrogens with zero attached hydrogens (tertiary/aromatic N) is 2. The van der Waals surface area contributed by atoms with Crippen LogP contribution in [-0.4, -0.2) is 15.9 Å². The third-order valence-corrected chi connectivity index (χ3v) is 4.29. The molecule has 132 valence electrons. The lowest BCUT2D eigenvalue weighted by molar-refractivity contribution is 0.101. The molecule has 1 amide bonds. The smallest absolute Gasteiger partial charge is 0.293 e. The number of rotatable bonds is 4. The monoisotopic (exact) mass is 374 g/mol. The van der Waals surface area contributed by atoms with Gasteiger partial charge in [0, 0.05) is 11.1 Å². The van der Waals surface area contributed by atoms with Crippen molar-refractivity contribution in [1.82, 2.24) is 9.97 Å². The summed E-state index contributed by atoms with van der Waals surface area (Å²) >= 11 is 6.12. The highest BCUT2D eigenvalue weighted by Crippen LogP contribution is 2.25. The molecule has 3 aromatic carbocycles. The lowest BCUT2D eigenvalue weighted by Gasteiger charge is -2.11. The lowest BCUT2D eigenvalue weighted by atomic mass is 10.2. The van der Waals surface area contributed by atoms with E-state index in [1.807, 2.05) is 54.6 Å². The molecule has 0 fully saturated rings. The van der Waals surface area contributed by atoms with Gasteiger partial charge in [0.25, 0.3) is 5.91 Å². The minimum atomic E-state index is -0.426.